The van der Waals surface area contributed by atoms with Gasteiger partial charge in [0.2, 0.25) is 6.54 Å². The molecular formula is C11H10ClN3O2. The smallest absolute Gasteiger partial charge is 0.209 e. The molecule has 2 aromatic rings. The lowest BCUT2D eigenvalue weighted by molar-refractivity contribution is -0.479. The van der Waals surface area contributed by atoms with E-state index in [2.05, 4.69) is 9.97 Å². The summed E-state index contributed by atoms with van der Waals surface area (Å²) in [7, 11) is 0. The Morgan fingerprint density at radius 3 is 2.71 bits per heavy atom. The number of aromatic amines is 1. The second-order valence-corrected chi connectivity index (χ2v) is 4.01. The Morgan fingerprint density at radius 1 is 1.35 bits per heavy atom. The molecule has 1 heterocycles. The van der Waals surface area contributed by atoms with Gasteiger partial charge in [-0.2, -0.15) is 0 Å². The van der Waals surface area contributed by atoms with Gasteiger partial charge in [0.15, 0.2) is 0 Å². The zero-order chi connectivity index (χ0) is 12.3. The normalized spacial score (nSPS) is 10.4. The predicted molar refractivity (Wildman–Crippen MR) is 64.6 cm³/mol. The second kappa shape index (κ2) is 4.97. The molecule has 5 nitrogen and oxygen atoms in total. The van der Waals surface area contributed by atoms with E-state index in [-0.39, 0.29) is 11.5 Å². The zero-order valence-electron chi connectivity index (χ0n) is 8.89. The van der Waals surface area contributed by atoms with Crippen molar-refractivity contribution in [2.45, 2.75) is 6.42 Å². The fraction of sp³-hybridized carbons (Fsp3) is 0.182. The third-order valence-corrected chi connectivity index (χ3v) is 2.56. The number of halogens is 1. The molecule has 0 amide bonds. The number of hydrogen-bond acceptors (Lipinski definition) is 3. The SMILES string of the molecule is O=[N+]([O-])CCc1cnc(-c2ccc(Cl)cc2)[nH]1. The van der Waals surface area contributed by atoms with Gasteiger partial charge in [0.05, 0.1) is 6.42 Å². The van der Waals surface area contributed by atoms with E-state index in [1.165, 1.54) is 0 Å². The lowest BCUT2D eigenvalue weighted by atomic mass is 10.2. The molecule has 0 saturated carbocycles. The average Bonchev–Trinajstić information content (AvgIpc) is 2.76. The van der Waals surface area contributed by atoms with Crippen LogP contribution in [0.4, 0.5) is 0 Å². The molecule has 0 fully saturated rings. The highest BCUT2D eigenvalue weighted by atomic mass is 35.5. The summed E-state index contributed by atoms with van der Waals surface area (Å²) in [6, 6.07) is 7.24. The topological polar surface area (TPSA) is 71.8 Å². The summed E-state index contributed by atoms with van der Waals surface area (Å²) in [6.45, 7) is -0.0950. The fourth-order valence-corrected chi connectivity index (χ4v) is 1.58. The molecule has 0 unspecified atom stereocenters. The number of benzene rings is 1. The van der Waals surface area contributed by atoms with Crippen molar-refractivity contribution in [2.24, 2.45) is 0 Å². The average molecular weight is 252 g/mol. The first-order chi connectivity index (χ1) is 8.15. The van der Waals surface area contributed by atoms with E-state index in [1.54, 1.807) is 18.3 Å². The van der Waals surface area contributed by atoms with Gasteiger partial charge >= 0.3 is 0 Å². The van der Waals surface area contributed by atoms with E-state index in [4.69, 9.17) is 11.6 Å². The van der Waals surface area contributed by atoms with Crippen molar-refractivity contribution in [1.29, 1.82) is 0 Å². The van der Waals surface area contributed by atoms with Crippen molar-refractivity contribution in [3.8, 4) is 11.4 Å². The molecule has 0 radical (unpaired) electrons. The lowest BCUT2D eigenvalue weighted by Crippen LogP contribution is -2.03. The maximum atomic E-state index is 10.2. The van der Waals surface area contributed by atoms with E-state index < -0.39 is 0 Å². The molecule has 1 aromatic carbocycles. The molecule has 6 heteroatoms. The number of nitrogens with zero attached hydrogens (tertiary/aromatic N) is 2. The van der Waals surface area contributed by atoms with E-state index in [0.717, 1.165) is 11.3 Å². The highest BCUT2D eigenvalue weighted by Gasteiger charge is 2.05. The van der Waals surface area contributed by atoms with Gasteiger partial charge in [-0.25, -0.2) is 4.98 Å². The number of aromatic nitrogens is 2. The molecule has 0 aliphatic heterocycles. The summed E-state index contributed by atoms with van der Waals surface area (Å²) in [4.78, 5) is 17.1. The quantitative estimate of drug-likeness (QED) is 0.670. The van der Waals surface area contributed by atoms with Crippen molar-refractivity contribution in [1.82, 2.24) is 9.97 Å². The Hall–Kier alpha value is -1.88. The van der Waals surface area contributed by atoms with Crippen molar-refractivity contribution in [3.63, 3.8) is 0 Å². The molecule has 1 N–H and O–H groups in total. The third kappa shape index (κ3) is 3.04. The van der Waals surface area contributed by atoms with E-state index in [0.29, 0.717) is 17.3 Å². The van der Waals surface area contributed by atoms with Gasteiger partial charge in [-0.1, -0.05) is 11.6 Å². The molecule has 0 aliphatic rings. The minimum Gasteiger partial charge on any atom is -0.342 e. The van der Waals surface area contributed by atoms with Crippen molar-refractivity contribution in [3.05, 3.63) is 51.3 Å². The van der Waals surface area contributed by atoms with Crippen LogP contribution in [0.1, 0.15) is 5.69 Å². The highest BCUT2D eigenvalue weighted by Crippen LogP contribution is 2.18. The number of imidazole rings is 1. The maximum absolute atomic E-state index is 10.2. The van der Waals surface area contributed by atoms with E-state index in [9.17, 15) is 10.1 Å². The largest absolute Gasteiger partial charge is 0.342 e. The molecule has 2 rings (SSSR count). The number of rotatable bonds is 4. The predicted octanol–water partition coefficient (Wildman–Crippen LogP) is 2.55. The van der Waals surface area contributed by atoms with Crippen LogP contribution in [0.15, 0.2) is 30.5 Å². The van der Waals surface area contributed by atoms with Crippen LogP contribution in [0.3, 0.4) is 0 Å². The van der Waals surface area contributed by atoms with Crippen molar-refractivity contribution < 1.29 is 4.92 Å². The van der Waals surface area contributed by atoms with Crippen molar-refractivity contribution in [2.75, 3.05) is 6.54 Å². The molecule has 0 aliphatic carbocycles. The number of nitrogens with one attached hydrogen (secondary N) is 1. The van der Waals surface area contributed by atoms with Gasteiger partial charge in [0.25, 0.3) is 0 Å². The van der Waals surface area contributed by atoms with Crippen LogP contribution in [-0.2, 0) is 6.42 Å². The van der Waals surface area contributed by atoms with Crippen LogP contribution in [0.25, 0.3) is 11.4 Å². The fourth-order valence-electron chi connectivity index (χ4n) is 1.45. The third-order valence-electron chi connectivity index (χ3n) is 2.31. The standard InChI is InChI=1S/C11H10ClN3O2/c12-9-3-1-8(2-4-9)11-13-7-10(14-11)5-6-15(16)17/h1-4,7H,5-6H2,(H,13,14). The Labute approximate surface area is 103 Å². The molecule has 0 saturated heterocycles. The highest BCUT2D eigenvalue weighted by molar-refractivity contribution is 6.30. The Bertz CT molecular complexity index is 522. The molecule has 0 bridgehead atoms. The minimum atomic E-state index is -0.344. The monoisotopic (exact) mass is 251 g/mol. The number of hydrogen-bond donors (Lipinski definition) is 1. The first-order valence-corrected chi connectivity index (χ1v) is 5.44. The van der Waals surface area contributed by atoms with Crippen molar-refractivity contribution >= 4 is 11.6 Å². The number of H-pyrrole nitrogens is 1. The van der Waals surface area contributed by atoms with Gasteiger partial charge < -0.3 is 4.98 Å². The van der Waals surface area contributed by atoms with E-state index >= 15 is 0 Å². The zero-order valence-corrected chi connectivity index (χ0v) is 9.65. The Morgan fingerprint density at radius 2 is 2.06 bits per heavy atom. The second-order valence-electron chi connectivity index (χ2n) is 3.57. The Kier molecular flexibility index (Phi) is 3.39. The van der Waals surface area contributed by atoms with Crippen LogP contribution < -0.4 is 0 Å². The van der Waals surface area contributed by atoms with Gasteiger partial charge in [0, 0.05) is 27.4 Å². The van der Waals surface area contributed by atoms with Crippen LogP contribution in [-0.4, -0.2) is 21.4 Å². The van der Waals surface area contributed by atoms with Crippen LogP contribution in [0.2, 0.25) is 5.02 Å². The van der Waals surface area contributed by atoms with Crippen LogP contribution in [0, 0.1) is 10.1 Å². The first kappa shape index (κ1) is 11.6. The minimum absolute atomic E-state index is 0.0950. The molecular weight excluding hydrogens is 242 g/mol. The summed E-state index contributed by atoms with van der Waals surface area (Å²) in [5.74, 6) is 0.694. The summed E-state index contributed by atoms with van der Waals surface area (Å²) in [5, 5.41) is 10.9. The first-order valence-electron chi connectivity index (χ1n) is 5.07. The number of nitro groups is 1. The van der Waals surface area contributed by atoms with Crippen LogP contribution in [0.5, 0.6) is 0 Å². The van der Waals surface area contributed by atoms with E-state index in [1.807, 2.05) is 12.1 Å². The van der Waals surface area contributed by atoms with Gasteiger partial charge in [-0.3, -0.25) is 10.1 Å². The summed E-state index contributed by atoms with van der Waals surface area (Å²) in [6.07, 6.45) is 1.97. The summed E-state index contributed by atoms with van der Waals surface area (Å²) < 4.78 is 0. The molecule has 0 atom stereocenters. The van der Waals surface area contributed by atoms with Gasteiger partial charge in [-0.05, 0) is 24.3 Å². The van der Waals surface area contributed by atoms with Gasteiger partial charge in [-0.15, -0.1) is 0 Å². The Balaban J connectivity index is 2.12. The van der Waals surface area contributed by atoms with Crippen LogP contribution >= 0.6 is 11.6 Å². The molecule has 88 valence electrons. The van der Waals surface area contributed by atoms with Gasteiger partial charge in [0.1, 0.15) is 5.82 Å². The lowest BCUT2D eigenvalue weighted by Gasteiger charge is -1.96. The molecule has 0 spiro atoms. The summed E-state index contributed by atoms with van der Waals surface area (Å²) >= 11 is 5.78. The molecule has 1 aromatic heterocycles. The summed E-state index contributed by atoms with van der Waals surface area (Å²) in [5.41, 5.74) is 1.66. The maximum Gasteiger partial charge on any atom is 0.209 e. The molecule has 17 heavy (non-hydrogen) atoms.